The zero-order valence-corrected chi connectivity index (χ0v) is 16.0. The van der Waals surface area contributed by atoms with Gasteiger partial charge in [0, 0.05) is 11.1 Å². The largest absolute Gasteiger partial charge is 0.493 e. The van der Waals surface area contributed by atoms with Crippen LogP contribution >= 0.6 is 11.8 Å². The predicted octanol–water partition coefficient (Wildman–Crippen LogP) is 5.61. The summed E-state index contributed by atoms with van der Waals surface area (Å²) in [6.45, 7) is 4.57. The van der Waals surface area contributed by atoms with Crippen LogP contribution in [0.15, 0.2) is 70.6 Å². The molecule has 0 N–H and O–H groups in total. The second-order valence-corrected chi connectivity index (χ2v) is 7.36. The highest BCUT2D eigenvalue weighted by Crippen LogP contribution is 2.36. The zero-order chi connectivity index (χ0) is 18.8. The molecule has 0 bridgehead atoms. The first-order valence-electron chi connectivity index (χ1n) is 8.90. The van der Waals surface area contributed by atoms with Gasteiger partial charge in [-0.25, -0.2) is 4.99 Å². The summed E-state index contributed by atoms with van der Waals surface area (Å²) in [5.41, 5.74) is 3.07. The predicted molar refractivity (Wildman–Crippen MR) is 113 cm³/mol. The van der Waals surface area contributed by atoms with E-state index in [4.69, 9.17) is 4.74 Å². The summed E-state index contributed by atoms with van der Waals surface area (Å²) in [6, 6.07) is 20.2. The SMILES string of the molecule is CCOc1ccc2ccccc2c1C=C1SC(c2ccc(C)cc2)=NC1=O. The average Bonchev–Trinajstić information content (AvgIpc) is 3.05. The van der Waals surface area contributed by atoms with Gasteiger partial charge in [0.05, 0.1) is 11.5 Å². The zero-order valence-electron chi connectivity index (χ0n) is 15.2. The summed E-state index contributed by atoms with van der Waals surface area (Å²) >= 11 is 1.41. The lowest BCUT2D eigenvalue weighted by Gasteiger charge is -2.11. The molecule has 4 rings (SSSR count). The van der Waals surface area contributed by atoms with Crippen LogP contribution in [0, 0.1) is 6.92 Å². The van der Waals surface area contributed by atoms with Crippen molar-refractivity contribution in [2.45, 2.75) is 13.8 Å². The van der Waals surface area contributed by atoms with Gasteiger partial charge in [-0.3, -0.25) is 4.79 Å². The van der Waals surface area contributed by atoms with Gasteiger partial charge >= 0.3 is 0 Å². The van der Waals surface area contributed by atoms with Crippen molar-refractivity contribution < 1.29 is 9.53 Å². The lowest BCUT2D eigenvalue weighted by atomic mass is 10.0. The van der Waals surface area contributed by atoms with Crippen molar-refractivity contribution in [2.24, 2.45) is 4.99 Å². The number of ether oxygens (including phenoxy) is 1. The molecule has 4 heteroatoms. The van der Waals surface area contributed by atoms with E-state index in [1.165, 1.54) is 17.3 Å². The minimum atomic E-state index is -0.203. The number of nitrogens with zero attached hydrogens (tertiary/aromatic N) is 1. The molecule has 3 aromatic rings. The van der Waals surface area contributed by atoms with Gasteiger partial charge in [-0.2, -0.15) is 0 Å². The number of hydrogen-bond acceptors (Lipinski definition) is 3. The van der Waals surface area contributed by atoms with Gasteiger partial charge in [-0.05, 0) is 36.8 Å². The average molecular weight is 373 g/mol. The molecule has 0 aromatic heterocycles. The van der Waals surface area contributed by atoms with Gasteiger partial charge in [0.1, 0.15) is 10.8 Å². The molecular weight excluding hydrogens is 354 g/mol. The maximum absolute atomic E-state index is 12.5. The smallest absolute Gasteiger partial charge is 0.284 e. The van der Waals surface area contributed by atoms with E-state index in [-0.39, 0.29) is 5.91 Å². The van der Waals surface area contributed by atoms with Gasteiger partial charge in [-0.15, -0.1) is 0 Å². The Kier molecular flexibility index (Phi) is 4.82. The molecule has 3 aromatic carbocycles. The Labute approximate surface area is 162 Å². The number of benzene rings is 3. The first kappa shape index (κ1) is 17.6. The normalized spacial score (nSPS) is 15.4. The van der Waals surface area contributed by atoms with Gasteiger partial charge in [0.25, 0.3) is 5.91 Å². The summed E-state index contributed by atoms with van der Waals surface area (Å²) in [6.07, 6.45) is 1.91. The van der Waals surface area contributed by atoms with Gasteiger partial charge in [0.2, 0.25) is 0 Å². The van der Waals surface area contributed by atoms with Crippen molar-refractivity contribution in [3.8, 4) is 5.75 Å². The first-order valence-corrected chi connectivity index (χ1v) is 9.71. The van der Waals surface area contributed by atoms with Crippen molar-refractivity contribution in [1.82, 2.24) is 0 Å². The Balaban J connectivity index is 1.75. The Hall–Kier alpha value is -2.85. The number of aryl methyl sites for hydroxylation is 1. The molecule has 0 saturated carbocycles. The number of aliphatic imine (C=N–C) groups is 1. The van der Waals surface area contributed by atoms with Crippen LogP contribution in [0.1, 0.15) is 23.6 Å². The summed E-state index contributed by atoms with van der Waals surface area (Å²) in [5.74, 6) is 0.576. The van der Waals surface area contributed by atoms with Crippen molar-refractivity contribution >= 4 is 39.6 Å². The van der Waals surface area contributed by atoms with E-state index in [1.807, 2.05) is 68.5 Å². The lowest BCUT2D eigenvalue weighted by molar-refractivity contribution is -0.113. The van der Waals surface area contributed by atoms with Crippen LogP contribution in [0.25, 0.3) is 16.8 Å². The fraction of sp³-hybridized carbons (Fsp3) is 0.130. The number of carbonyl (C=O) groups is 1. The maximum atomic E-state index is 12.5. The summed E-state index contributed by atoms with van der Waals surface area (Å²) in [7, 11) is 0. The molecule has 0 spiro atoms. The van der Waals surface area contributed by atoms with Crippen LogP contribution in [-0.2, 0) is 4.79 Å². The Bertz CT molecular complexity index is 1080. The highest BCUT2D eigenvalue weighted by atomic mass is 32.2. The van der Waals surface area contributed by atoms with Crippen LogP contribution in [0.4, 0.5) is 0 Å². The van der Waals surface area contributed by atoms with E-state index in [1.54, 1.807) is 0 Å². The second-order valence-electron chi connectivity index (χ2n) is 6.33. The van der Waals surface area contributed by atoms with Crippen LogP contribution in [0.2, 0.25) is 0 Å². The molecule has 0 saturated heterocycles. The molecule has 0 fully saturated rings. The Morgan fingerprint density at radius 2 is 1.81 bits per heavy atom. The highest BCUT2D eigenvalue weighted by molar-refractivity contribution is 8.19. The van der Waals surface area contributed by atoms with E-state index in [0.29, 0.717) is 11.5 Å². The van der Waals surface area contributed by atoms with E-state index in [9.17, 15) is 4.79 Å². The number of fused-ring (bicyclic) bond motifs is 1. The molecule has 1 amide bonds. The number of rotatable bonds is 4. The Morgan fingerprint density at radius 3 is 2.59 bits per heavy atom. The number of carbonyl (C=O) groups excluding carboxylic acids is 1. The molecule has 1 aliphatic heterocycles. The van der Waals surface area contributed by atoms with E-state index in [2.05, 4.69) is 17.1 Å². The monoisotopic (exact) mass is 373 g/mol. The van der Waals surface area contributed by atoms with Crippen LogP contribution in [0.5, 0.6) is 5.75 Å². The molecule has 134 valence electrons. The van der Waals surface area contributed by atoms with Crippen LogP contribution in [0.3, 0.4) is 0 Å². The quantitative estimate of drug-likeness (QED) is 0.558. The van der Waals surface area contributed by atoms with Crippen molar-refractivity contribution in [3.05, 3.63) is 82.3 Å². The molecule has 3 nitrogen and oxygen atoms in total. The molecule has 0 atom stereocenters. The van der Waals surface area contributed by atoms with Crippen molar-refractivity contribution in [1.29, 1.82) is 0 Å². The van der Waals surface area contributed by atoms with Gasteiger partial charge in [0.15, 0.2) is 0 Å². The summed E-state index contributed by atoms with van der Waals surface area (Å²) in [4.78, 5) is 17.4. The standard InChI is InChI=1S/C23H19NO2S/c1-3-26-20-13-12-16-6-4-5-7-18(16)19(20)14-21-22(25)24-23(27-21)17-10-8-15(2)9-11-17/h4-14H,3H2,1-2H3. The third kappa shape index (κ3) is 3.53. The van der Waals surface area contributed by atoms with E-state index in [0.717, 1.165) is 32.7 Å². The molecule has 0 unspecified atom stereocenters. The third-order valence-electron chi connectivity index (χ3n) is 4.42. The first-order chi connectivity index (χ1) is 13.2. The van der Waals surface area contributed by atoms with E-state index >= 15 is 0 Å². The topological polar surface area (TPSA) is 38.7 Å². The summed E-state index contributed by atoms with van der Waals surface area (Å²) in [5, 5.41) is 2.92. The van der Waals surface area contributed by atoms with Crippen LogP contribution in [-0.4, -0.2) is 17.6 Å². The number of thioether (sulfide) groups is 1. The molecule has 0 aliphatic carbocycles. The van der Waals surface area contributed by atoms with Crippen molar-refractivity contribution in [2.75, 3.05) is 6.61 Å². The van der Waals surface area contributed by atoms with Crippen LogP contribution < -0.4 is 4.74 Å². The van der Waals surface area contributed by atoms with Crippen molar-refractivity contribution in [3.63, 3.8) is 0 Å². The molecule has 1 heterocycles. The second kappa shape index (κ2) is 7.41. The molecular formula is C23H19NO2S. The Morgan fingerprint density at radius 1 is 1.04 bits per heavy atom. The minimum Gasteiger partial charge on any atom is -0.493 e. The number of amides is 1. The fourth-order valence-corrected chi connectivity index (χ4v) is 3.97. The lowest BCUT2D eigenvalue weighted by Crippen LogP contribution is -1.96. The van der Waals surface area contributed by atoms with Gasteiger partial charge < -0.3 is 4.74 Å². The molecule has 0 radical (unpaired) electrons. The van der Waals surface area contributed by atoms with Gasteiger partial charge in [-0.1, -0.05) is 71.9 Å². The molecule has 1 aliphatic rings. The summed E-state index contributed by atoms with van der Waals surface area (Å²) < 4.78 is 5.81. The highest BCUT2D eigenvalue weighted by Gasteiger charge is 2.23. The third-order valence-corrected chi connectivity index (χ3v) is 5.46. The fourth-order valence-electron chi connectivity index (χ4n) is 3.07. The molecule has 27 heavy (non-hydrogen) atoms. The number of hydrogen-bond donors (Lipinski definition) is 0. The minimum absolute atomic E-state index is 0.203. The maximum Gasteiger partial charge on any atom is 0.284 e. The van der Waals surface area contributed by atoms with E-state index < -0.39 is 0 Å².